The highest BCUT2D eigenvalue weighted by Gasteiger charge is 2.34. The fourth-order valence-corrected chi connectivity index (χ4v) is 1.85. The molecule has 2 rings (SSSR count). The Balaban J connectivity index is 2.34. The van der Waals surface area contributed by atoms with Gasteiger partial charge >= 0.3 is 5.69 Å². The van der Waals surface area contributed by atoms with Gasteiger partial charge in [0.15, 0.2) is 0 Å². The summed E-state index contributed by atoms with van der Waals surface area (Å²) in [7, 11) is 0. The summed E-state index contributed by atoms with van der Waals surface area (Å²) >= 11 is 0. The number of aromatic amines is 1. The molecular formula is C10H14N2O5. The molecule has 1 fully saturated rings. The van der Waals surface area contributed by atoms with Crippen molar-refractivity contribution in [3.63, 3.8) is 0 Å². The second-order valence-electron chi connectivity index (χ2n) is 4.09. The Bertz CT molecular complexity index is 520. The van der Waals surface area contributed by atoms with E-state index in [9.17, 15) is 14.7 Å². The van der Waals surface area contributed by atoms with Gasteiger partial charge in [0.1, 0.15) is 12.3 Å². The molecule has 3 atom stereocenters. The van der Waals surface area contributed by atoms with E-state index in [0.717, 1.165) is 0 Å². The van der Waals surface area contributed by atoms with E-state index in [2.05, 4.69) is 4.98 Å². The Morgan fingerprint density at radius 3 is 2.88 bits per heavy atom. The molecule has 1 aliphatic heterocycles. The maximum atomic E-state index is 11.6. The van der Waals surface area contributed by atoms with E-state index < -0.39 is 29.7 Å². The Hall–Kier alpha value is -1.44. The number of H-pyrrole nitrogens is 1. The molecule has 3 N–H and O–H groups in total. The van der Waals surface area contributed by atoms with E-state index in [-0.39, 0.29) is 13.0 Å². The molecule has 1 aromatic heterocycles. The lowest BCUT2D eigenvalue weighted by atomic mass is 10.1. The Labute approximate surface area is 96.3 Å². The molecule has 1 aliphatic rings. The number of nitrogens with zero attached hydrogens (tertiary/aromatic N) is 1. The zero-order valence-corrected chi connectivity index (χ0v) is 9.29. The molecule has 0 saturated carbocycles. The second kappa shape index (κ2) is 4.44. The van der Waals surface area contributed by atoms with Gasteiger partial charge in [-0.05, 0) is 6.92 Å². The minimum absolute atomic E-state index is 0.205. The highest BCUT2D eigenvalue weighted by molar-refractivity contribution is 5.02. The number of nitrogens with one attached hydrogen (secondary N) is 1. The summed E-state index contributed by atoms with van der Waals surface area (Å²) in [4.78, 5) is 24.9. The molecule has 0 radical (unpaired) electrons. The first-order valence-corrected chi connectivity index (χ1v) is 5.29. The monoisotopic (exact) mass is 241 g/mol. The molecule has 0 unspecified atom stereocenters. The van der Waals surface area contributed by atoms with Crippen molar-refractivity contribution in [2.75, 3.05) is 6.61 Å². The highest BCUT2D eigenvalue weighted by Crippen LogP contribution is 2.27. The maximum absolute atomic E-state index is 11.6. The molecule has 0 amide bonds. The van der Waals surface area contributed by atoms with Gasteiger partial charge in [-0.15, -0.1) is 0 Å². The van der Waals surface area contributed by atoms with Gasteiger partial charge in [-0.3, -0.25) is 14.3 Å². The third-order valence-electron chi connectivity index (χ3n) is 2.84. The van der Waals surface area contributed by atoms with E-state index >= 15 is 0 Å². The van der Waals surface area contributed by atoms with Crippen LogP contribution in [0.15, 0.2) is 15.8 Å². The first-order chi connectivity index (χ1) is 8.02. The Kier molecular flexibility index (Phi) is 3.14. The van der Waals surface area contributed by atoms with E-state index in [1.54, 1.807) is 6.92 Å². The van der Waals surface area contributed by atoms with Gasteiger partial charge in [-0.1, -0.05) is 0 Å². The number of rotatable bonds is 2. The molecule has 17 heavy (non-hydrogen) atoms. The Morgan fingerprint density at radius 1 is 1.59 bits per heavy atom. The lowest BCUT2D eigenvalue weighted by Gasteiger charge is -2.14. The zero-order valence-electron chi connectivity index (χ0n) is 9.29. The summed E-state index contributed by atoms with van der Waals surface area (Å²) in [6.45, 7) is 1.26. The van der Waals surface area contributed by atoms with E-state index in [1.807, 2.05) is 0 Å². The number of aromatic nitrogens is 2. The number of aliphatic hydroxyl groups excluding tert-OH is 2. The van der Waals surface area contributed by atoms with E-state index in [1.165, 1.54) is 10.8 Å². The van der Waals surface area contributed by atoms with Crippen LogP contribution in [0, 0.1) is 6.92 Å². The van der Waals surface area contributed by atoms with Gasteiger partial charge < -0.3 is 14.9 Å². The largest absolute Gasteiger partial charge is 0.394 e. The van der Waals surface area contributed by atoms with Crippen LogP contribution in [-0.2, 0) is 4.74 Å². The summed E-state index contributed by atoms with van der Waals surface area (Å²) in [6.07, 6.45) is -0.581. The second-order valence-corrected chi connectivity index (χ2v) is 4.09. The van der Waals surface area contributed by atoms with Crippen molar-refractivity contribution in [3.8, 4) is 0 Å². The predicted molar refractivity (Wildman–Crippen MR) is 57.7 cm³/mol. The van der Waals surface area contributed by atoms with Crippen molar-refractivity contribution in [1.29, 1.82) is 0 Å². The first kappa shape index (κ1) is 12.0. The zero-order chi connectivity index (χ0) is 12.6. The van der Waals surface area contributed by atoms with Crippen molar-refractivity contribution in [2.24, 2.45) is 0 Å². The van der Waals surface area contributed by atoms with Gasteiger partial charge in [-0.2, -0.15) is 0 Å². The average molecular weight is 241 g/mol. The van der Waals surface area contributed by atoms with E-state index in [4.69, 9.17) is 9.84 Å². The van der Waals surface area contributed by atoms with E-state index in [0.29, 0.717) is 5.56 Å². The summed E-state index contributed by atoms with van der Waals surface area (Å²) in [6, 6.07) is 0. The molecule has 0 spiro atoms. The maximum Gasteiger partial charge on any atom is 0.330 e. The molecule has 7 nitrogen and oxygen atoms in total. The molecule has 94 valence electrons. The minimum Gasteiger partial charge on any atom is -0.394 e. The van der Waals surface area contributed by atoms with Crippen LogP contribution in [0.4, 0.5) is 0 Å². The smallest absolute Gasteiger partial charge is 0.330 e. The number of ether oxygens (including phenoxy) is 1. The summed E-state index contributed by atoms with van der Waals surface area (Å²) in [5.41, 5.74) is -0.643. The SMILES string of the molecule is [11CH3]c1cn([C@H]2C[C@@H](O)[C@@H](CO)O2)c(=O)[nH]c1=O. The van der Waals surface area contributed by atoms with Crippen LogP contribution >= 0.6 is 0 Å². The number of hydrogen-bond acceptors (Lipinski definition) is 5. The van der Waals surface area contributed by atoms with Crippen molar-refractivity contribution < 1.29 is 14.9 Å². The van der Waals surface area contributed by atoms with Gasteiger partial charge in [0, 0.05) is 18.2 Å². The summed E-state index contributed by atoms with van der Waals surface area (Å²) < 4.78 is 6.54. The fraction of sp³-hybridized carbons (Fsp3) is 0.600. The van der Waals surface area contributed by atoms with Crippen LogP contribution in [0.2, 0.25) is 0 Å². The predicted octanol–water partition coefficient (Wildman–Crippen LogP) is -1.51. The van der Waals surface area contributed by atoms with Crippen LogP contribution in [0.1, 0.15) is 18.2 Å². The van der Waals surface area contributed by atoms with Crippen LogP contribution in [-0.4, -0.2) is 38.6 Å². The van der Waals surface area contributed by atoms with Gasteiger partial charge in [0.05, 0.1) is 12.7 Å². The highest BCUT2D eigenvalue weighted by atomic mass is 16.5. The first-order valence-electron chi connectivity index (χ1n) is 5.29. The van der Waals surface area contributed by atoms with Crippen LogP contribution in [0.3, 0.4) is 0 Å². The van der Waals surface area contributed by atoms with Crippen LogP contribution in [0.5, 0.6) is 0 Å². The lowest BCUT2D eigenvalue weighted by molar-refractivity contribution is -0.0459. The summed E-state index contributed by atoms with van der Waals surface area (Å²) in [5.74, 6) is 0. The molecule has 1 saturated heterocycles. The molecule has 2 heterocycles. The summed E-state index contributed by atoms with van der Waals surface area (Å²) in [5, 5.41) is 18.5. The Morgan fingerprint density at radius 2 is 2.29 bits per heavy atom. The fourth-order valence-electron chi connectivity index (χ4n) is 1.85. The van der Waals surface area contributed by atoms with Gasteiger partial charge in [-0.25, -0.2) is 4.79 Å². The van der Waals surface area contributed by atoms with Crippen molar-refractivity contribution in [1.82, 2.24) is 9.55 Å². The quantitative estimate of drug-likeness (QED) is 0.583. The van der Waals surface area contributed by atoms with Gasteiger partial charge in [0.25, 0.3) is 5.56 Å². The molecule has 7 heteroatoms. The van der Waals surface area contributed by atoms with Crippen molar-refractivity contribution >= 4 is 0 Å². The van der Waals surface area contributed by atoms with Crippen LogP contribution < -0.4 is 11.2 Å². The minimum atomic E-state index is -0.816. The standard InChI is InChI=1S/C10H14N2O5/c1-5-3-12(10(16)11-9(5)15)8-2-6(14)7(4-13)17-8/h3,6-8,13-14H,2,4H2,1H3,(H,11,15,16)/t6-,7-,8-/m1/s1/i1-1. The third-order valence-corrected chi connectivity index (χ3v) is 2.84. The normalized spacial score (nSPS) is 28.5. The molecule has 0 aliphatic carbocycles. The van der Waals surface area contributed by atoms with Crippen molar-refractivity contribution in [2.45, 2.75) is 31.8 Å². The molecule has 1 aromatic rings. The molecular weight excluding hydrogens is 227 g/mol. The third kappa shape index (κ3) is 2.17. The molecule has 0 bridgehead atoms. The number of aliphatic hydroxyl groups is 2. The lowest BCUT2D eigenvalue weighted by Crippen LogP contribution is -2.33. The number of aryl methyl sites for hydroxylation is 1. The van der Waals surface area contributed by atoms with Crippen molar-refractivity contribution in [3.05, 3.63) is 32.6 Å². The van der Waals surface area contributed by atoms with Gasteiger partial charge in [0.2, 0.25) is 0 Å². The average Bonchev–Trinajstić information content (AvgIpc) is 2.65. The van der Waals surface area contributed by atoms with Crippen LogP contribution in [0.25, 0.3) is 0 Å². The molecule has 0 aromatic carbocycles. The number of hydrogen-bond donors (Lipinski definition) is 3. The topological polar surface area (TPSA) is 105 Å².